The van der Waals surface area contributed by atoms with Gasteiger partial charge in [-0.3, -0.25) is 9.59 Å². The minimum Gasteiger partial charge on any atom is -0.390 e. The van der Waals surface area contributed by atoms with Crippen molar-refractivity contribution in [3.05, 3.63) is 40.7 Å². The highest BCUT2D eigenvalue weighted by Crippen LogP contribution is 2.31. The van der Waals surface area contributed by atoms with E-state index >= 15 is 0 Å². The number of primary amides is 1. The van der Waals surface area contributed by atoms with Gasteiger partial charge in [0, 0.05) is 24.3 Å². The third-order valence-corrected chi connectivity index (χ3v) is 5.90. The lowest BCUT2D eigenvalue weighted by molar-refractivity contribution is 0.0196. The van der Waals surface area contributed by atoms with E-state index in [0.29, 0.717) is 42.0 Å². The first-order valence-electron chi connectivity index (χ1n) is 10.9. The molecule has 1 fully saturated rings. The second-order valence-corrected chi connectivity index (χ2v) is 8.58. The fourth-order valence-electron chi connectivity index (χ4n) is 3.94. The van der Waals surface area contributed by atoms with Crippen LogP contribution in [-0.2, 0) is 6.42 Å². The largest absolute Gasteiger partial charge is 0.390 e. The second kappa shape index (κ2) is 9.52. The second-order valence-electron chi connectivity index (χ2n) is 8.58. The van der Waals surface area contributed by atoms with Crippen molar-refractivity contribution in [3.8, 4) is 0 Å². The van der Waals surface area contributed by atoms with E-state index in [0.717, 1.165) is 18.4 Å². The zero-order chi connectivity index (χ0) is 23.5. The van der Waals surface area contributed by atoms with Gasteiger partial charge in [-0.25, -0.2) is 9.97 Å². The van der Waals surface area contributed by atoms with E-state index in [2.05, 4.69) is 25.9 Å². The maximum absolute atomic E-state index is 12.1. The Morgan fingerprint density at radius 2 is 1.91 bits per heavy atom. The number of nitrogens with zero attached hydrogens (tertiary/aromatic N) is 2. The quantitative estimate of drug-likeness (QED) is 0.445. The Labute approximate surface area is 188 Å². The number of carbonyl (C=O) groups is 2. The molecule has 6 N–H and O–H groups in total. The number of carbonyl (C=O) groups excluding carboxylic acids is 2. The minimum atomic E-state index is -0.673. The minimum absolute atomic E-state index is 0.0620. The first-order valence-corrected chi connectivity index (χ1v) is 10.9. The van der Waals surface area contributed by atoms with Crippen LogP contribution >= 0.6 is 0 Å². The fraction of sp³-hybridized carbons (Fsp3) is 0.478. The van der Waals surface area contributed by atoms with E-state index in [1.807, 2.05) is 20.8 Å². The first kappa shape index (κ1) is 23.5. The molecule has 0 bridgehead atoms. The molecular weight excluding hydrogens is 408 g/mol. The molecule has 2 amide bonds. The van der Waals surface area contributed by atoms with Crippen LogP contribution in [0, 0.1) is 6.92 Å². The molecule has 1 aromatic heterocycles. The molecule has 3 rings (SSSR count). The maximum atomic E-state index is 12.1. The predicted molar refractivity (Wildman–Crippen MR) is 124 cm³/mol. The lowest BCUT2D eigenvalue weighted by atomic mass is 9.83. The Morgan fingerprint density at radius 3 is 2.47 bits per heavy atom. The van der Waals surface area contributed by atoms with Gasteiger partial charge in [0.2, 0.25) is 0 Å². The molecular formula is C23H32N6O3. The molecule has 0 aliphatic heterocycles. The molecule has 2 aromatic rings. The number of anilines is 3. The zero-order valence-corrected chi connectivity index (χ0v) is 19.1. The number of benzene rings is 1. The molecule has 0 saturated heterocycles. The van der Waals surface area contributed by atoms with Crippen molar-refractivity contribution in [1.29, 1.82) is 0 Å². The third kappa shape index (κ3) is 5.34. The van der Waals surface area contributed by atoms with Gasteiger partial charge in [-0.1, -0.05) is 6.92 Å². The number of amides is 2. The lowest BCUT2D eigenvalue weighted by Gasteiger charge is -2.34. The Hall–Kier alpha value is -3.20. The summed E-state index contributed by atoms with van der Waals surface area (Å²) in [6.07, 6.45) is 3.64. The number of rotatable bonds is 7. The standard InChI is InChI=1S/C23H32N6O3/c1-5-17-20(26-14-8-10-23(3,32)11-9-14)29-21(18(28-17)19(24)30)27-15-6-7-16(13(2)12-15)22(31)25-4/h6-7,12,14,32H,5,8-11H2,1-4H3,(H2,24,30)(H,25,31)(H2,26,27,29)/t14-,23-. The molecule has 0 radical (unpaired) electrons. The van der Waals surface area contributed by atoms with Crippen molar-refractivity contribution in [2.45, 2.75) is 64.5 Å². The van der Waals surface area contributed by atoms with Crippen LogP contribution in [0.3, 0.4) is 0 Å². The van der Waals surface area contributed by atoms with Gasteiger partial charge in [0.1, 0.15) is 5.82 Å². The van der Waals surface area contributed by atoms with Crippen LogP contribution in [0.1, 0.15) is 71.6 Å². The van der Waals surface area contributed by atoms with Crippen LogP contribution in [0.4, 0.5) is 17.3 Å². The fourth-order valence-corrected chi connectivity index (χ4v) is 3.94. The van der Waals surface area contributed by atoms with Gasteiger partial charge >= 0.3 is 0 Å². The van der Waals surface area contributed by atoms with Gasteiger partial charge in [0.15, 0.2) is 11.5 Å². The molecule has 9 nitrogen and oxygen atoms in total. The smallest absolute Gasteiger partial charge is 0.271 e. The third-order valence-electron chi connectivity index (χ3n) is 5.90. The highest BCUT2D eigenvalue weighted by Gasteiger charge is 2.29. The highest BCUT2D eigenvalue weighted by atomic mass is 16.3. The molecule has 32 heavy (non-hydrogen) atoms. The maximum Gasteiger partial charge on any atom is 0.271 e. The first-order chi connectivity index (χ1) is 15.1. The molecule has 1 aromatic carbocycles. The predicted octanol–water partition coefficient (Wildman–Crippen LogP) is 2.66. The van der Waals surface area contributed by atoms with Gasteiger partial charge in [-0.05, 0) is 69.7 Å². The van der Waals surface area contributed by atoms with Crippen molar-refractivity contribution in [1.82, 2.24) is 15.3 Å². The van der Waals surface area contributed by atoms with E-state index in [9.17, 15) is 14.7 Å². The molecule has 0 atom stereocenters. The monoisotopic (exact) mass is 440 g/mol. The van der Waals surface area contributed by atoms with Crippen LogP contribution in [0.15, 0.2) is 18.2 Å². The van der Waals surface area contributed by atoms with Gasteiger partial charge < -0.3 is 26.8 Å². The Balaban J connectivity index is 1.91. The summed E-state index contributed by atoms with van der Waals surface area (Å²) in [5.41, 5.74) is 7.69. The van der Waals surface area contributed by atoms with Gasteiger partial charge in [-0.15, -0.1) is 0 Å². The van der Waals surface area contributed by atoms with E-state index in [4.69, 9.17) is 5.73 Å². The van der Waals surface area contributed by atoms with Crippen molar-refractivity contribution in [2.24, 2.45) is 5.73 Å². The van der Waals surface area contributed by atoms with Crippen molar-refractivity contribution >= 4 is 29.1 Å². The summed E-state index contributed by atoms with van der Waals surface area (Å²) in [6.45, 7) is 5.64. The van der Waals surface area contributed by atoms with Crippen molar-refractivity contribution < 1.29 is 14.7 Å². The number of hydrogen-bond donors (Lipinski definition) is 5. The Bertz CT molecular complexity index is 1010. The number of aromatic nitrogens is 2. The summed E-state index contributed by atoms with van der Waals surface area (Å²) >= 11 is 0. The zero-order valence-electron chi connectivity index (χ0n) is 19.1. The number of nitrogens with two attached hydrogens (primary N) is 1. The molecule has 1 aliphatic rings. The average molecular weight is 441 g/mol. The van der Waals surface area contributed by atoms with Crippen LogP contribution in [-0.4, -0.2) is 45.6 Å². The normalized spacial score (nSPS) is 20.5. The van der Waals surface area contributed by atoms with E-state index in [1.54, 1.807) is 25.2 Å². The van der Waals surface area contributed by atoms with Crippen LogP contribution in [0.25, 0.3) is 0 Å². The van der Waals surface area contributed by atoms with Gasteiger partial charge in [-0.2, -0.15) is 0 Å². The molecule has 9 heteroatoms. The Morgan fingerprint density at radius 1 is 1.22 bits per heavy atom. The molecule has 1 saturated carbocycles. The number of nitrogens with one attached hydrogen (secondary N) is 3. The Kier molecular flexibility index (Phi) is 6.98. The summed E-state index contributed by atoms with van der Waals surface area (Å²) in [4.78, 5) is 33.2. The summed E-state index contributed by atoms with van der Waals surface area (Å²) in [6, 6.07) is 5.42. The average Bonchev–Trinajstić information content (AvgIpc) is 2.74. The topological polar surface area (TPSA) is 142 Å². The van der Waals surface area contributed by atoms with E-state index < -0.39 is 11.5 Å². The van der Waals surface area contributed by atoms with Gasteiger partial charge in [0.05, 0.1) is 11.3 Å². The molecule has 172 valence electrons. The summed E-state index contributed by atoms with van der Waals surface area (Å²) in [7, 11) is 1.58. The van der Waals surface area contributed by atoms with E-state index in [-0.39, 0.29) is 23.5 Å². The molecule has 0 spiro atoms. The lowest BCUT2D eigenvalue weighted by Crippen LogP contribution is -2.36. The number of hydrogen-bond acceptors (Lipinski definition) is 7. The van der Waals surface area contributed by atoms with E-state index in [1.165, 1.54) is 0 Å². The summed E-state index contributed by atoms with van der Waals surface area (Å²) < 4.78 is 0. The molecule has 1 aliphatic carbocycles. The van der Waals surface area contributed by atoms with Gasteiger partial charge in [0.25, 0.3) is 11.8 Å². The number of aliphatic hydroxyl groups is 1. The van der Waals surface area contributed by atoms with Crippen molar-refractivity contribution in [3.63, 3.8) is 0 Å². The summed E-state index contributed by atoms with van der Waals surface area (Å²) in [5, 5.41) is 19.4. The SMILES string of the molecule is CCc1nc(C(N)=O)c(Nc2ccc(C(=O)NC)c(C)c2)nc1N[C@H]1CC[C@](C)(O)CC1. The van der Waals surface area contributed by atoms with Crippen LogP contribution in [0.5, 0.6) is 0 Å². The van der Waals surface area contributed by atoms with Crippen LogP contribution in [0.2, 0.25) is 0 Å². The number of aryl methyl sites for hydroxylation is 2. The van der Waals surface area contributed by atoms with Crippen LogP contribution < -0.4 is 21.7 Å². The van der Waals surface area contributed by atoms with Crippen molar-refractivity contribution in [2.75, 3.05) is 17.7 Å². The highest BCUT2D eigenvalue weighted by molar-refractivity contribution is 5.97. The molecule has 1 heterocycles. The molecule has 0 unspecified atom stereocenters. The summed E-state index contributed by atoms with van der Waals surface area (Å²) in [5.74, 6) is 0.0166.